The third kappa shape index (κ3) is 2.01. The summed E-state index contributed by atoms with van der Waals surface area (Å²) in [7, 11) is 8.93. The molecule has 1 aromatic heterocycles. The number of rotatable bonds is 4. The first kappa shape index (κ1) is 10.9. The molecule has 0 bridgehead atoms. The predicted octanol–water partition coefficient (Wildman–Crippen LogP) is 2.17. The molecule has 1 unspecified atom stereocenters. The van der Waals surface area contributed by atoms with Crippen LogP contribution in [0.4, 0.5) is 0 Å². The van der Waals surface area contributed by atoms with Crippen LogP contribution in [-0.4, -0.2) is 22.0 Å². The van der Waals surface area contributed by atoms with Gasteiger partial charge in [0.1, 0.15) is 11.5 Å². The molecule has 4 heteroatoms. The zero-order valence-corrected chi connectivity index (χ0v) is 9.09. The van der Waals surface area contributed by atoms with Crippen molar-refractivity contribution >= 4 is 14.9 Å². The van der Waals surface area contributed by atoms with Gasteiger partial charge in [0, 0.05) is 13.6 Å². The van der Waals surface area contributed by atoms with Gasteiger partial charge in [-0.2, -0.15) is 0 Å². The van der Waals surface area contributed by atoms with Gasteiger partial charge in [-0.25, -0.2) is 0 Å². The average molecular weight is 209 g/mol. The summed E-state index contributed by atoms with van der Waals surface area (Å²) in [6, 6.07) is 11.5. The number of para-hydroxylation sites is 1. The molecule has 1 heterocycles. The first-order valence-electron chi connectivity index (χ1n) is 5.08. The van der Waals surface area contributed by atoms with Crippen molar-refractivity contribution in [1.29, 1.82) is 0 Å². The summed E-state index contributed by atoms with van der Waals surface area (Å²) in [5.41, 5.74) is 1.00. The SMILES string of the molecule is [B][B]C(c1ccco1)c1ccccc1OC. The van der Waals surface area contributed by atoms with E-state index in [9.17, 15) is 0 Å². The van der Waals surface area contributed by atoms with Gasteiger partial charge in [-0.15, -0.1) is 0 Å². The molecule has 1 atom stereocenters. The Hall–Kier alpha value is -1.57. The number of ether oxygens (including phenoxy) is 1. The first-order valence-corrected chi connectivity index (χ1v) is 5.08. The highest BCUT2D eigenvalue weighted by atomic mass is 16.5. The summed E-state index contributed by atoms with van der Waals surface area (Å²) in [6.45, 7) is 0. The van der Waals surface area contributed by atoms with Crippen LogP contribution in [0.15, 0.2) is 47.1 Å². The lowest BCUT2D eigenvalue weighted by atomic mass is 9.45. The Morgan fingerprint density at radius 3 is 2.69 bits per heavy atom. The summed E-state index contributed by atoms with van der Waals surface area (Å²) in [5, 5.41) is 0. The Labute approximate surface area is 97.2 Å². The van der Waals surface area contributed by atoms with Crippen LogP contribution in [0.3, 0.4) is 0 Å². The van der Waals surface area contributed by atoms with E-state index in [4.69, 9.17) is 16.9 Å². The van der Waals surface area contributed by atoms with Crippen LogP contribution >= 0.6 is 0 Å². The topological polar surface area (TPSA) is 22.4 Å². The van der Waals surface area contributed by atoms with E-state index in [2.05, 4.69) is 0 Å². The maximum Gasteiger partial charge on any atom is 0.122 e. The van der Waals surface area contributed by atoms with Crippen molar-refractivity contribution in [2.24, 2.45) is 0 Å². The first-order chi connectivity index (χ1) is 7.86. The molecule has 2 rings (SSSR count). The minimum atomic E-state index is -0.0776. The highest BCUT2D eigenvalue weighted by Crippen LogP contribution is 2.30. The summed E-state index contributed by atoms with van der Waals surface area (Å²) in [4.78, 5) is 0. The molecule has 16 heavy (non-hydrogen) atoms. The zero-order chi connectivity index (χ0) is 11.4. The number of furan rings is 1. The molecule has 0 aliphatic heterocycles. The Bertz CT molecular complexity index is 440. The van der Waals surface area contributed by atoms with Crippen LogP contribution in [0.1, 0.15) is 17.1 Å². The monoisotopic (exact) mass is 209 g/mol. The molecule has 77 valence electrons. The highest BCUT2D eigenvalue weighted by molar-refractivity contribution is 6.90. The van der Waals surface area contributed by atoms with Crippen molar-refractivity contribution in [2.45, 2.75) is 5.82 Å². The van der Waals surface area contributed by atoms with Crippen molar-refractivity contribution < 1.29 is 9.15 Å². The second kappa shape index (κ2) is 4.97. The second-order valence-corrected chi connectivity index (χ2v) is 3.43. The van der Waals surface area contributed by atoms with Gasteiger partial charge in [0.2, 0.25) is 0 Å². The van der Waals surface area contributed by atoms with E-state index in [0.717, 1.165) is 17.1 Å². The zero-order valence-electron chi connectivity index (χ0n) is 9.09. The summed E-state index contributed by atoms with van der Waals surface area (Å²) >= 11 is 0. The normalized spacial score (nSPS) is 12.1. The van der Waals surface area contributed by atoms with E-state index in [1.165, 1.54) is 0 Å². The quantitative estimate of drug-likeness (QED) is 0.719. The minimum absolute atomic E-state index is 0.0776. The van der Waals surface area contributed by atoms with Gasteiger partial charge >= 0.3 is 0 Å². The molecule has 3 radical (unpaired) electrons. The van der Waals surface area contributed by atoms with Crippen LogP contribution in [0.5, 0.6) is 5.75 Å². The highest BCUT2D eigenvalue weighted by Gasteiger charge is 2.18. The van der Waals surface area contributed by atoms with Crippen LogP contribution in [0.25, 0.3) is 0 Å². The molecule has 0 aliphatic rings. The lowest BCUT2D eigenvalue weighted by Crippen LogP contribution is -2.10. The second-order valence-electron chi connectivity index (χ2n) is 3.43. The minimum Gasteiger partial charge on any atom is -0.496 e. The van der Waals surface area contributed by atoms with Gasteiger partial charge < -0.3 is 9.15 Å². The van der Waals surface area contributed by atoms with Crippen molar-refractivity contribution in [3.05, 3.63) is 54.0 Å². The summed E-state index contributed by atoms with van der Waals surface area (Å²) in [6.07, 6.45) is 1.64. The Balaban J connectivity index is 2.41. The van der Waals surface area contributed by atoms with E-state index in [-0.39, 0.29) is 5.82 Å². The molecule has 0 amide bonds. The van der Waals surface area contributed by atoms with Crippen molar-refractivity contribution in [2.75, 3.05) is 7.11 Å². The Kier molecular flexibility index (Phi) is 3.40. The van der Waals surface area contributed by atoms with Gasteiger partial charge in [0.25, 0.3) is 0 Å². The molecule has 0 spiro atoms. The predicted molar refractivity (Wildman–Crippen MR) is 65.1 cm³/mol. The number of methoxy groups -OCH3 is 1. The van der Waals surface area contributed by atoms with Crippen LogP contribution in [-0.2, 0) is 0 Å². The van der Waals surface area contributed by atoms with Crippen LogP contribution < -0.4 is 4.74 Å². The molecule has 0 aliphatic carbocycles. The van der Waals surface area contributed by atoms with Gasteiger partial charge in [0.15, 0.2) is 0 Å². The fourth-order valence-electron chi connectivity index (χ4n) is 1.74. The number of hydrogen-bond donors (Lipinski definition) is 0. The maximum atomic E-state index is 5.68. The fraction of sp³-hybridized carbons (Fsp3) is 0.167. The van der Waals surface area contributed by atoms with Gasteiger partial charge in [-0.05, 0) is 23.8 Å². The third-order valence-electron chi connectivity index (χ3n) is 2.52. The van der Waals surface area contributed by atoms with Crippen molar-refractivity contribution in [3.8, 4) is 5.75 Å². The molecular formula is C12H11B2O2. The average Bonchev–Trinajstić information content (AvgIpc) is 2.84. The van der Waals surface area contributed by atoms with E-state index < -0.39 is 0 Å². The molecule has 2 nitrogen and oxygen atoms in total. The van der Waals surface area contributed by atoms with Gasteiger partial charge in [-0.1, -0.05) is 18.2 Å². The van der Waals surface area contributed by atoms with Crippen LogP contribution in [0, 0.1) is 0 Å². The third-order valence-corrected chi connectivity index (χ3v) is 2.52. The molecule has 0 N–H and O–H groups in total. The van der Waals surface area contributed by atoms with Crippen molar-refractivity contribution in [3.63, 3.8) is 0 Å². The van der Waals surface area contributed by atoms with E-state index in [1.807, 2.05) is 36.4 Å². The molecule has 0 fully saturated rings. The lowest BCUT2D eigenvalue weighted by molar-refractivity contribution is 0.408. The molecule has 0 saturated heterocycles. The van der Waals surface area contributed by atoms with Gasteiger partial charge in [0.05, 0.1) is 20.5 Å². The summed E-state index contributed by atoms with van der Waals surface area (Å²) < 4.78 is 10.7. The molecule has 0 saturated carbocycles. The molecular weight excluding hydrogens is 198 g/mol. The Morgan fingerprint density at radius 1 is 1.25 bits per heavy atom. The van der Waals surface area contributed by atoms with Crippen LogP contribution in [0.2, 0.25) is 0 Å². The number of hydrogen-bond acceptors (Lipinski definition) is 2. The fourth-order valence-corrected chi connectivity index (χ4v) is 1.74. The number of benzene rings is 1. The van der Waals surface area contributed by atoms with Crippen molar-refractivity contribution in [1.82, 2.24) is 0 Å². The largest absolute Gasteiger partial charge is 0.496 e. The molecule has 1 aromatic carbocycles. The Morgan fingerprint density at radius 2 is 2.06 bits per heavy atom. The maximum absolute atomic E-state index is 5.68. The smallest absolute Gasteiger partial charge is 0.122 e. The lowest BCUT2D eigenvalue weighted by Gasteiger charge is -2.16. The summed E-state index contributed by atoms with van der Waals surface area (Å²) in [5.74, 6) is 1.55. The van der Waals surface area contributed by atoms with E-state index in [1.54, 1.807) is 20.5 Å². The standard InChI is InChI=1S/C12H11B2O2/c1-15-10-6-3-2-5-9(10)12(14-13)11-7-4-8-16-11/h2-8,12H,1H3. The molecule has 2 aromatic rings. The van der Waals surface area contributed by atoms with Gasteiger partial charge in [-0.3, -0.25) is 0 Å². The van der Waals surface area contributed by atoms with E-state index in [0.29, 0.717) is 0 Å². The van der Waals surface area contributed by atoms with E-state index >= 15 is 0 Å².